The van der Waals surface area contributed by atoms with E-state index in [0.717, 1.165) is 15.6 Å². The lowest BCUT2D eigenvalue weighted by molar-refractivity contribution is -0.151. The summed E-state index contributed by atoms with van der Waals surface area (Å²) in [6, 6.07) is 14.0. The second kappa shape index (κ2) is 9.93. The number of likely N-dealkylation sites (tertiary alicyclic amines) is 1. The van der Waals surface area contributed by atoms with Gasteiger partial charge in [0.05, 0.1) is 25.3 Å². The Morgan fingerprint density at radius 2 is 1.89 bits per heavy atom. The van der Waals surface area contributed by atoms with Gasteiger partial charge < -0.3 is 14.2 Å². The van der Waals surface area contributed by atoms with Crippen molar-refractivity contribution in [3.05, 3.63) is 76.5 Å². The van der Waals surface area contributed by atoms with Gasteiger partial charge in [0.2, 0.25) is 5.91 Å². The molecule has 9 heteroatoms. The maximum absolute atomic E-state index is 14.5. The van der Waals surface area contributed by atoms with Gasteiger partial charge in [0.1, 0.15) is 17.9 Å². The van der Waals surface area contributed by atoms with Crippen molar-refractivity contribution < 1.29 is 18.7 Å². The van der Waals surface area contributed by atoms with Gasteiger partial charge in [0.25, 0.3) is 5.56 Å². The molecule has 2 aromatic heterocycles. The van der Waals surface area contributed by atoms with Crippen LogP contribution in [0.3, 0.4) is 0 Å². The van der Waals surface area contributed by atoms with Crippen molar-refractivity contribution in [3.63, 3.8) is 0 Å². The van der Waals surface area contributed by atoms with Crippen molar-refractivity contribution in [1.82, 2.24) is 19.2 Å². The minimum Gasteiger partial charge on any atom is -0.466 e. The largest absolute Gasteiger partial charge is 0.466 e. The molecule has 36 heavy (non-hydrogen) atoms. The van der Waals surface area contributed by atoms with E-state index >= 15 is 0 Å². The Bertz CT molecular complexity index is 1510. The van der Waals surface area contributed by atoms with Gasteiger partial charge in [-0.05, 0) is 31.9 Å². The lowest BCUT2D eigenvalue weighted by atomic mass is 9.98. The van der Waals surface area contributed by atoms with Gasteiger partial charge >= 0.3 is 5.97 Å². The second-order valence-corrected chi connectivity index (χ2v) is 9.00. The Kier molecular flexibility index (Phi) is 6.54. The molecule has 1 aliphatic heterocycles. The summed E-state index contributed by atoms with van der Waals surface area (Å²) in [6.07, 6.45) is 2.94. The van der Waals surface area contributed by atoms with Crippen LogP contribution in [0.5, 0.6) is 0 Å². The van der Waals surface area contributed by atoms with Gasteiger partial charge in [0.15, 0.2) is 0 Å². The number of benzene rings is 2. The molecule has 4 aromatic rings. The van der Waals surface area contributed by atoms with Crippen LogP contribution in [-0.4, -0.2) is 50.8 Å². The molecule has 1 amide bonds. The Balaban J connectivity index is 1.49. The molecule has 186 valence electrons. The number of carbonyl (C=O) groups excluding carboxylic acids is 2. The highest BCUT2D eigenvalue weighted by atomic mass is 19.1. The molecule has 1 saturated heterocycles. The molecular formula is C27H27FN4O4. The number of fused-ring (bicyclic) bond motifs is 3. The van der Waals surface area contributed by atoms with E-state index in [4.69, 9.17) is 4.74 Å². The molecule has 0 bridgehead atoms. The molecule has 1 unspecified atom stereocenters. The van der Waals surface area contributed by atoms with E-state index in [2.05, 4.69) is 5.10 Å². The number of piperidine rings is 1. The predicted molar refractivity (Wildman–Crippen MR) is 133 cm³/mol. The summed E-state index contributed by atoms with van der Waals surface area (Å²) >= 11 is 0. The molecule has 2 aromatic carbocycles. The second-order valence-electron chi connectivity index (χ2n) is 9.00. The van der Waals surface area contributed by atoms with Crippen LogP contribution in [0.15, 0.2) is 59.5 Å². The average Bonchev–Trinajstić information content (AvgIpc) is 3.21. The van der Waals surface area contributed by atoms with Gasteiger partial charge in [0, 0.05) is 34.9 Å². The molecule has 0 radical (unpaired) electrons. The fourth-order valence-electron chi connectivity index (χ4n) is 4.95. The number of nitrogens with zero attached hydrogens (tertiary/aromatic N) is 4. The molecule has 1 atom stereocenters. The number of halogens is 1. The Morgan fingerprint density at radius 1 is 1.11 bits per heavy atom. The molecule has 1 fully saturated rings. The van der Waals surface area contributed by atoms with E-state index in [1.54, 1.807) is 40.8 Å². The summed E-state index contributed by atoms with van der Waals surface area (Å²) in [5.41, 5.74) is 1.18. The first-order valence-electron chi connectivity index (χ1n) is 12.1. The normalized spacial score (nSPS) is 15.9. The third-order valence-corrected chi connectivity index (χ3v) is 6.74. The molecule has 3 heterocycles. The minimum atomic E-state index is -0.424. The van der Waals surface area contributed by atoms with E-state index in [1.165, 1.54) is 6.07 Å². The number of esters is 1. The zero-order valence-corrected chi connectivity index (χ0v) is 20.0. The third-order valence-electron chi connectivity index (χ3n) is 6.74. The molecule has 5 rings (SSSR count). The number of aromatic nitrogens is 3. The molecule has 0 spiro atoms. The first-order chi connectivity index (χ1) is 17.5. The third kappa shape index (κ3) is 4.36. The zero-order chi connectivity index (χ0) is 25.2. The van der Waals surface area contributed by atoms with Gasteiger partial charge in [-0.1, -0.05) is 36.4 Å². The van der Waals surface area contributed by atoms with E-state index in [-0.39, 0.29) is 43.2 Å². The van der Waals surface area contributed by atoms with E-state index in [1.807, 2.05) is 24.3 Å². The summed E-state index contributed by atoms with van der Waals surface area (Å²) in [4.78, 5) is 40.5. The Labute approximate surface area is 206 Å². The summed E-state index contributed by atoms with van der Waals surface area (Å²) in [6.45, 7) is 2.75. The van der Waals surface area contributed by atoms with Gasteiger partial charge in [-0.15, -0.1) is 0 Å². The Hall–Kier alpha value is -4.01. The monoisotopic (exact) mass is 490 g/mol. The van der Waals surface area contributed by atoms with Crippen LogP contribution in [0.4, 0.5) is 4.39 Å². The van der Waals surface area contributed by atoms with Crippen molar-refractivity contribution >= 4 is 33.7 Å². The first-order valence-corrected chi connectivity index (χ1v) is 12.1. The van der Waals surface area contributed by atoms with E-state index in [9.17, 15) is 18.8 Å². The topological polar surface area (TPSA) is 86.4 Å². The number of carbonyl (C=O) groups is 2. The summed E-state index contributed by atoms with van der Waals surface area (Å²) in [7, 11) is 0. The van der Waals surface area contributed by atoms with Gasteiger partial charge in [-0.3, -0.25) is 14.4 Å². The van der Waals surface area contributed by atoms with Crippen LogP contribution in [0.25, 0.3) is 21.8 Å². The summed E-state index contributed by atoms with van der Waals surface area (Å²) in [5.74, 6) is -1.30. The molecule has 0 N–H and O–H groups in total. The van der Waals surface area contributed by atoms with E-state index < -0.39 is 5.56 Å². The molecule has 1 aliphatic rings. The number of hydrogen-bond donors (Lipinski definition) is 0. The zero-order valence-electron chi connectivity index (χ0n) is 20.0. The van der Waals surface area contributed by atoms with Crippen LogP contribution in [0.1, 0.15) is 25.3 Å². The quantitative estimate of drug-likeness (QED) is 0.387. The van der Waals surface area contributed by atoms with Crippen LogP contribution < -0.4 is 5.56 Å². The van der Waals surface area contributed by atoms with Gasteiger partial charge in [-0.25, -0.2) is 9.07 Å². The van der Waals surface area contributed by atoms with Gasteiger partial charge in [-0.2, -0.15) is 5.10 Å². The number of para-hydroxylation sites is 1. The van der Waals surface area contributed by atoms with Crippen molar-refractivity contribution in [2.24, 2.45) is 5.92 Å². The van der Waals surface area contributed by atoms with Crippen LogP contribution >= 0.6 is 0 Å². The van der Waals surface area contributed by atoms with E-state index in [0.29, 0.717) is 42.5 Å². The molecular weight excluding hydrogens is 463 g/mol. The maximum atomic E-state index is 14.5. The standard InChI is InChI=1S/C27H27FN4O4/c1-2-36-27(35)19-9-7-13-30(15-19)24(33)17-32-26(34)25-21(14-29-32)20-10-4-6-12-23(20)31(25)16-18-8-3-5-11-22(18)28/h3-6,8,10-12,14,19H,2,7,9,13,15-17H2,1H3. The summed E-state index contributed by atoms with van der Waals surface area (Å²) in [5, 5.41) is 5.77. The fourth-order valence-corrected chi connectivity index (χ4v) is 4.95. The number of rotatable bonds is 6. The number of ether oxygens (including phenoxy) is 1. The average molecular weight is 491 g/mol. The molecule has 0 aliphatic carbocycles. The highest BCUT2D eigenvalue weighted by Gasteiger charge is 2.30. The first kappa shape index (κ1) is 23.7. The minimum absolute atomic E-state index is 0.164. The number of hydrogen-bond acceptors (Lipinski definition) is 5. The van der Waals surface area contributed by atoms with Crippen LogP contribution in [0, 0.1) is 11.7 Å². The van der Waals surface area contributed by atoms with Crippen molar-refractivity contribution in [1.29, 1.82) is 0 Å². The SMILES string of the molecule is CCOC(=O)C1CCCN(C(=O)Cn2ncc3c4ccccc4n(Cc4ccccc4F)c3c2=O)C1. The smallest absolute Gasteiger partial charge is 0.310 e. The van der Waals surface area contributed by atoms with Crippen molar-refractivity contribution in [3.8, 4) is 0 Å². The Morgan fingerprint density at radius 3 is 2.69 bits per heavy atom. The molecule has 8 nitrogen and oxygen atoms in total. The lowest BCUT2D eigenvalue weighted by Gasteiger charge is -2.31. The predicted octanol–water partition coefficient (Wildman–Crippen LogP) is 3.34. The lowest BCUT2D eigenvalue weighted by Crippen LogP contribution is -2.45. The van der Waals surface area contributed by atoms with Crippen molar-refractivity contribution in [2.45, 2.75) is 32.9 Å². The number of amides is 1. The highest BCUT2D eigenvalue weighted by molar-refractivity contribution is 6.07. The highest BCUT2D eigenvalue weighted by Crippen LogP contribution is 2.27. The maximum Gasteiger partial charge on any atom is 0.310 e. The molecule has 0 saturated carbocycles. The van der Waals surface area contributed by atoms with Crippen LogP contribution in [-0.2, 0) is 27.4 Å². The fraction of sp³-hybridized carbons (Fsp3) is 0.333. The summed E-state index contributed by atoms with van der Waals surface area (Å²) < 4.78 is 22.5. The van der Waals surface area contributed by atoms with Crippen molar-refractivity contribution in [2.75, 3.05) is 19.7 Å². The van der Waals surface area contributed by atoms with Crippen LogP contribution in [0.2, 0.25) is 0 Å².